The molecule has 1 aliphatic heterocycles. The van der Waals surface area contributed by atoms with Gasteiger partial charge in [0.2, 0.25) is 17.2 Å². The molecule has 1 fully saturated rings. The Hall–Kier alpha value is -1.14. The Labute approximate surface area is 98.5 Å². The van der Waals surface area contributed by atoms with Crippen LogP contribution in [-0.2, 0) is 0 Å². The topological polar surface area (TPSA) is 88.2 Å². The Kier molecular flexibility index (Phi) is 2.86. The zero-order valence-corrected chi connectivity index (χ0v) is 9.78. The normalized spacial score (nSPS) is 19.8. The molecule has 2 rings (SSSR count). The SMILES string of the molecule is CC1(O)CCN(c2nc(N)nc(Cl)n2)CC1. The molecule has 0 aromatic carbocycles. The molecular weight excluding hydrogens is 230 g/mol. The Bertz CT molecular complexity index is 367. The van der Waals surface area contributed by atoms with Gasteiger partial charge in [-0.1, -0.05) is 0 Å². The summed E-state index contributed by atoms with van der Waals surface area (Å²) in [7, 11) is 0. The van der Waals surface area contributed by atoms with Crippen molar-refractivity contribution in [3.05, 3.63) is 5.28 Å². The number of nitrogens with two attached hydrogens (primary N) is 1. The third kappa shape index (κ3) is 2.51. The number of hydrogen-bond donors (Lipinski definition) is 2. The quantitative estimate of drug-likeness (QED) is 0.745. The summed E-state index contributed by atoms with van der Waals surface area (Å²) in [6.45, 7) is 3.21. The third-order valence-electron chi connectivity index (χ3n) is 2.74. The lowest BCUT2D eigenvalue weighted by atomic mass is 9.94. The van der Waals surface area contributed by atoms with Gasteiger partial charge in [0, 0.05) is 13.1 Å². The van der Waals surface area contributed by atoms with E-state index in [4.69, 9.17) is 17.3 Å². The van der Waals surface area contributed by atoms with Crippen molar-refractivity contribution in [3.8, 4) is 0 Å². The molecule has 0 spiro atoms. The number of aromatic nitrogens is 3. The summed E-state index contributed by atoms with van der Waals surface area (Å²) in [5.41, 5.74) is 4.90. The van der Waals surface area contributed by atoms with Crippen LogP contribution in [0.5, 0.6) is 0 Å². The van der Waals surface area contributed by atoms with E-state index in [1.807, 2.05) is 11.8 Å². The third-order valence-corrected chi connectivity index (χ3v) is 2.91. The molecule has 0 atom stereocenters. The highest BCUT2D eigenvalue weighted by Crippen LogP contribution is 2.24. The van der Waals surface area contributed by atoms with Gasteiger partial charge in [0.15, 0.2) is 0 Å². The fraction of sp³-hybridized carbons (Fsp3) is 0.667. The molecule has 0 radical (unpaired) electrons. The van der Waals surface area contributed by atoms with Crippen LogP contribution in [0.4, 0.5) is 11.9 Å². The predicted molar refractivity (Wildman–Crippen MR) is 61.3 cm³/mol. The minimum absolute atomic E-state index is 0.0971. The van der Waals surface area contributed by atoms with Crippen LogP contribution in [0, 0.1) is 0 Å². The maximum absolute atomic E-state index is 9.82. The van der Waals surface area contributed by atoms with Gasteiger partial charge in [0.25, 0.3) is 0 Å². The minimum Gasteiger partial charge on any atom is -0.390 e. The van der Waals surface area contributed by atoms with Crippen LogP contribution in [-0.4, -0.2) is 38.7 Å². The average Bonchev–Trinajstić information content (AvgIpc) is 2.15. The number of rotatable bonds is 1. The summed E-state index contributed by atoms with van der Waals surface area (Å²) in [6.07, 6.45) is 1.35. The van der Waals surface area contributed by atoms with E-state index < -0.39 is 5.60 Å². The second kappa shape index (κ2) is 4.03. The molecule has 16 heavy (non-hydrogen) atoms. The first-order valence-electron chi connectivity index (χ1n) is 5.11. The van der Waals surface area contributed by atoms with Gasteiger partial charge in [-0.25, -0.2) is 0 Å². The molecule has 3 N–H and O–H groups in total. The molecule has 0 bridgehead atoms. The summed E-state index contributed by atoms with van der Waals surface area (Å²) in [4.78, 5) is 13.7. The first kappa shape index (κ1) is 11.3. The first-order valence-corrected chi connectivity index (χ1v) is 5.48. The fourth-order valence-electron chi connectivity index (χ4n) is 1.68. The fourth-order valence-corrected chi connectivity index (χ4v) is 1.85. The number of aliphatic hydroxyl groups is 1. The van der Waals surface area contributed by atoms with Crippen molar-refractivity contribution in [3.63, 3.8) is 0 Å². The Morgan fingerprint density at radius 1 is 1.31 bits per heavy atom. The molecular formula is C9H14ClN5O. The standard InChI is InChI=1S/C9H14ClN5O/c1-9(16)2-4-15(5-3-9)8-13-6(10)12-7(11)14-8/h16H,2-5H2,1H3,(H2,11,12,13,14). The maximum Gasteiger partial charge on any atom is 0.231 e. The molecule has 0 unspecified atom stereocenters. The first-order chi connectivity index (χ1) is 7.46. The summed E-state index contributed by atoms with van der Waals surface area (Å²) in [5.74, 6) is 0.598. The van der Waals surface area contributed by atoms with E-state index in [0.29, 0.717) is 31.9 Å². The average molecular weight is 244 g/mol. The van der Waals surface area contributed by atoms with E-state index in [2.05, 4.69) is 15.0 Å². The molecule has 1 aromatic heterocycles. The van der Waals surface area contributed by atoms with Crippen LogP contribution >= 0.6 is 11.6 Å². The van der Waals surface area contributed by atoms with Crippen molar-refractivity contribution in [2.45, 2.75) is 25.4 Å². The van der Waals surface area contributed by atoms with Crippen molar-refractivity contribution >= 4 is 23.5 Å². The van der Waals surface area contributed by atoms with Crippen LogP contribution < -0.4 is 10.6 Å². The van der Waals surface area contributed by atoms with Crippen molar-refractivity contribution in [1.82, 2.24) is 15.0 Å². The smallest absolute Gasteiger partial charge is 0.231 e. The monoisotopic (exact) mass is 243 g/mol. The van der Waals surface area contributed by atoms with Gasteiger partial charge in [-0.15, -0.1) is 0 Å². The van der Waals surface area contributed by atoms with Gasteiger partial charge in [-0.3, -0.25) is 0 Å². The van der Waals surface area contributed by atoms with E-state index in [0.717, 1.165) is 0 Å². The van der Waals surface area contributed by atoms with Crippen molar-refractivity contribution < 1.29 is 5.11 Å². The van der Waals surface area contributed by atoms with Gasteiger partial charge in [0.05, 0.1) is 5.60 Å². The molecule has 7 heteroatoms. The zero-order chi connectivity index (χ0) is 11.8. The van der Waals surface area contributed by atoms with Crippen LogP contribution in [0.25, 0.3) is 0 Å². The maximum atomic E-state index is 9.82. The molecule has 1 aliphatic rings. The molecule has 0 aliphatic carbocycles. The lowest BCUT2D eigenvalue weighted by molar-refractivity contribution is 0.0349. The number of halogens is 1. The van der Waals surface area contributed by atoms with Crippen molar-refractivity contribution in [1.29, 1.82) is 0 Å². The second-order valence-corrected chi connectivity index (χ2v) is 4.58. The Balaban J connectivity index is 2.14. The summed E-state index contributed by atoms with van der Waals surface area (Å²) in [6, 6.07) is 0. The van der Waals surface area contributed by atoms with E-state index in [1.165, 1.54) is 0 Å². The summed E-state index contributed by atoms with van der Waals surface area (Å²) < 4.78 is 0. The number of nitrogens with zero attached hydrogens (tertiary/aromatic N) is 4. The minimum atomic E-state index is -0.598. The molecule has 1 aromatic rings. The molecule has 88 valence electrons. The summed E-state index contributed by atoms with van der Waals surface area (Å²) in [5, 5.41) is 9.91. The van der Waals surface area contributed by atoms with Crippen molar-refractivity contribution in [2.24, 2.45) is 0 Å². The Morgan fingerprint density at radius 3 is 2.50 bits per heavy atom. The highest BCUT2D eigenvalue weighted by atomic mass is 35.5. The van der Waals surface area contributed by atoms with Gasteiger partial charge in [-0.05, 0) is 31.4 Å². The van der Waals surface area contributed by atoms with E-state index in [-0.39, 0.29) is 11.2 Å². The highest BCUT2D eigenvalue weighted by molar-refractivity contribution is 6.28. The molecule has 1 saturated heterocycles. The van der Waals surface area contributed by atoms with Crippen molar-refractivity contribution in [2.75, 3.05) is 23.7 Å². The molecule has 0 amide bonds. The van der Waals surface area contributed by atoms with Crippen LogP contribution in [0.3, 0.4) is 0 Å². The predicted octanol–water partition coefficient (Wildman–Crippen LogP) is 0.458. The number of anilines is 2. The number of piperidine rings is 1. The molecule has 2 heterocycles. The molecule has 6 nitrogen and oxygen atoms in total. The van der Waals surface area contributed by atoms with Crippen LogP contribution in [0.1, 0.15) is 19.8 Å². The van der Waals surface area contributed by atoms with Gasteiger partial charge in [0.1, 0.15) is 0 Å². The number of hydrogen-bond acceptors (Lipinski definition) is 6. The van der Waals surface area contributed by atoms with Gasteiger partial charge in [-0.2, -0.15) is 15.0 Å². The largest absolute Gasteiger partial charge is 0.390 e. The van der Waals surface area contributed by atoms with E-state index >= 15 is 0 Å². The molecule has 0 saturated carbocycles. The van der Waals surface area contributed by atoms with Gasteiger partial charge >= 0.3 is 0 Å². The lowest BCUT2D eigenvalue weighted by Gasteiger charge is -2.35. The second-order valence-electron chi connectivity index (χ2n) is 4.25. The van der Waals surface area contributed by atoms with E-state index in [1.54, 1.807) is 0 Å². The Morgan fingerprint density at radius 2 is 1.94 bits per heavy atom. The zero-order valence-electron chi connectivity index (χ0n) is 9.02. The number of nitrogen functional groups attached to an aromatic ring is 1. The van der Waals surface area contributed by atoms with Crippen LogP contribution in [0.15, 0.2) is 0 Å². The van der Waals surface area contributed by atoms with E-state index in [9.17, 15) is 5.11 Å². The van der Waals surface area contributed by atoms with Gasteiger partial charge < -0.3 is 15.7 Å². The lowest BCUT2D eigenvalue weighted by Crippen LogP contribution is -2.43. The summed E-state index contributed by atoms with van der Waals surface area (Å²) >= 11 is 5.71. The van der Waals surface area contributed by atoms with Crippen LogP contribution in [0.2, 0.25) is 5.28 Å². The highest BCUT2D eigenvalue weighted by Gasteiger charge is 2.28.